The van der Waals surface area contributed by atoms with Crippen LogP contribution in [-0.2, 0) is 14.9 Å². The number of aromatic nitrogens is 5. The van der Waals surface area contributed by atoms with E-state index in [1.54, 1.807) is 16.8 Å². The van der Waals surface area contributed by atoms with E-state index in [2.05, 4.69) is 22.3 Å². The van der Waals surface area contributed by atoms with Gasteiger partial charge in [0.15, 0.2) is 0 Å². The van der Waals surface area contributed by atoms with Gasteiger partial charge in [-0.1, -0.05) is 6.07 Å². The number of ether oxygens (including phenoxy) is 2. The number of alkyl halides is 3. The van der Waals surface area contributed by atoms with E-state index in [1.165, 1.54) is 0 Å². The summed E-state index contributed by atoms with van der Waals surface area (Å²) in [6, 6.07) is 7.31. The zero-order valence-electron chi connectivity index (χ0n) is 21.2. The number of imidazole rings is 1. The highest BCUT2D eigenvalue weighted by atomic mass is 19.4. The summed E-state index contributed by atoms with van der Waals surface area (Å²) in [4.78, 5) is 31.4. The second-order valence-corrected chi connectivity index (χ2v) is 10.2. The number of carboxylic acid groups (broad SMARTS) is 1. The number of nitrogens with zero attached hydrogens (tertiary/aromatic N) is 5. The number of anilines is 1. The molecule has 0 spiro atoms. The van der Waals surface area contributed by atoms with Crippen LogP contribution in [0.25, 0.3) is 11.3 Å². The summed E-state index contributed by atoms with van der Waals surface area (Å²) in [6.07, 6.45) is 2.20. The number of halogens is 3. The minimum absolute atomic E-state index is 0.0260. The number of amides is 1. The first kappa shape index (κ1) is 26.4. The molecule has 2 saturated heterocycles. The molecule has 3 fully saturated rings. The quantitative estimate of drug-likeness (QED) is 0.386. The van der Waals surface area contributed by atoms with Gasteiger partial charge in [-0.25, -0.2) is 14.3 Å². The molecular weight excluding hydrogens is 521 g/mol. The summed E-state index contributed by atoms with van der Waals surface area (Å²) in [5, 5.41) is 14.3. The average molecular weight is 547 g/mol. The molecule has 1 saturated carbocycles. The topological polar surface area (TPSA) is 132 Å². The summed E-state index contributed by atoms with van der Waals surface area (Å²) < 4.78 is 47.0. The lowest BCUT2D eigenvalue weighted by molar-refractivity contribution is -0.192. The predicted molar refractivity (Wildman–Crippen MR) is 131 cm³/mol. The summed E-state index contributed by atoms with van der Waals surface area (Å²) in [7, 11) is 0. The molecule has 1 aliphatic carbocycles. The second-order valence-electron chi connectivity index (χ2n) is 10.2. The van der Waals surface area contributed by atoms with Crippen molar-refractivity contribution < 1.29 is 37.3 Å². The Kier molecular flexibility index (Phi) is 6.24. The summed E-state index contributed by atoms with van der Waals surface area (Å²) in [5.41, 5.74) is 2.64. The number of carbonyl (C=O) groups excluding carboxylic acids is 1. The highest BCUT2D eigenvalue weighted by Crippen LogP contribution is 2.58. The maximum Gasteiger partial charge on any atom is 0.490 e. The lowest BCUT2D eigenvalue weighted by atomic mass is 9.62. The predicted octanol–water partition coefficient (Wildman–Crippen LogP) is 3.87. The van der Waals surface area contributed by atoms with Crippen molar-refractivity contribution in [3.05, 3.63) is 54.2 Å². The van der Waals surface area contributed by atoms with E-state index in [0.29, 0.717) is 29.6 Å². The van der Waals surface area contributed by atoms with E-state index < -0.39 is 12.1 Å². The minimum Gasteiger partial charge on any atom is -0.475 e. The summed E-state index contributed by atoms with van der Waals surface area (Å²) in [5.74, 6) is -2.18. The average Bonchev–Trinajstić information content (AvgIpc) is 3.60. The molecule has 11 nitrogen and oxygen atoms in total. The maximum absolute atomic E-state index is 13.1. The Bertz CT molecular complexity index is 1570. The Morgan fingerprint density at radius 1 is 1.18 bits per heavy atom. The third-order valence-electron chi connectivity index (χ3n) is 6.57. The fraction of sp³-hybridized carbons (Fsp3) is 0.400. The van der Waals surface area contributed by atoms with Gasteiger partial charge in [-0.15, -0.1) is 0 Å². The van der Waals surface area contributed by atoms with Crippen molar-refractivity contribution in [1.29, 1.82) is 0 Å². The molecule has 206 valence electrons. The molecule has 0 unspecified atom stereocenters. The van der Waals surface area contributed by atoms with Gasteiger partial charge in [0.2, 0.25) is 11.7 Å². The van der Waals surface area contributed by atoms with Crippen molar-refractivity contribution >= 4 is 28.9 Å². The fourth-order valence-electron chi connectivity index (χ4n) is 5.02. The van der Waals surface area contributed by atoms with Crippen molar-refractivity contribution in [3.63, 3.8) is 0 Å². The third-order valence-corrected chi connectivity index (χ3v) is 6.57. The molecule has 2 bridgehead atoms. The Balaban J connectivity index is 0.000000392. The molecule has 4 aromatic rings. The molecule has 2 aliphatic heterocycles. The van der Waals surface area contributed by atoms with Crippen molar-refractivity contribution in [3.8, 4) is 5.88 Å². The van der Waals surface area contributed by atoms with Gasteiger partial charge in [0.25, 0.3) is 5.91 Å². The first-order chi connectivity index (χ1) is 18.3. The van der Waals surface area contributed by atoms with Crippen LogP contribution in [0.5, 0.6) is 5.88 Å². The number of hydrogen-bond acceptors (Lipinski definition) is 7. The molecule has 39 heavy (non-hydrogen) atoms. The number of pyridine rings is 1. The van der Waals surface area contributed by atoms with Crippen LogP contribution in [-0.4, -0.2) is 65.5 Å². The van der Waals surface area contributed by atoms with Crippen molar-refractivity contribution in [2.24, 2.45) is 0 Å². The number of aliphatic carboxylic acids is 1. The Morgan fingerprint density at radius 3 is 2.51 bits per heavy atom. The Morgan fingerprint density at radius 2 is 1.90 bits per heavy atom. The monoisotopic (exact) mass is 546 g/mol. The second kappa shape index (κ2) is 9.22. The third kappa shape index (κ3) is 4.99. The zero-order chi connectivity index (χ0) is 28.2. The Hall–Kier alpha value is -4.20. The van der Waals surface area contributed by atoms with Gasteiger partial charge in [-0.2, -0.15) is 23.3 Å². The standard InChI is InChI=1S/C23H24N6O3.C2HF3O2/c1-14(2)32-20-16(25-19(30)17-6-4-5-15-7-8-24-29(15)17)9-28-10-18(26-21(28)27-20)23-11-22(3,12-23)31-13-23;3-2(4,5)1(6)7/h4-10,14H,11-13H2,1-3H3,(H,25,30);(H,6,7). The minimum atomic E-state index is -5.08. The molecule has 2 N–H and O–H groups in total. The van der Waals surface area contributed by atoms with Gasteiger partial charge in [0.1, 0.15) is 11.4 Å². The van der Waals surface area contributed by atoms with Gasteiger partial charge >= 0.3 is 12.1 Å². The van der Waals surface area contributed by atoms with E-state index in [4.69, 9.17) is 24.4 Å². The highest BCUT2D eigenvalue weighted by molar-refractivity contribution is 6.04. The van der Waals surface area contributed by atoms with Crippen LogP contribution < -0.4 is 10.1 Å². The fourth-order valence-corrected chi connectivity index (χ4v) is 5.02. The zero-order valence-corrected chi connectivity index (χ0v) is 21.2. The van der Waals surface area contributed by atoms with Crippen LogP contribution >= 0.6 is 0 Å². The molecule has 4 aromatic heterocycles. The molecule has 0 aromatic carbocycles. The lowest BCUT2D eigenvalue weighted by Gasteiger charge is -2.41. The molecular formula is C25H25F3N6O5. The largest absolute Gasteiger partial charge is 0.490 e. The van der Waals surface area contributed by atoms with Crippen molar-refractivity contribution in [2.75, 3.05) is 11.9 Å². The highest BCUT2D eigenvalue weighted by Gasteiger charge is 2.61. The SMILES string of the molecule is CC(C)Oc1nc2nc(C34COC(C)(C3)C4)cn2cc1NC(=O)c1cccc2ccnn12.O=C(O)C(F)(F)F. The van der Waals surface area contributed by atoms with E-state index in [0.717, 1.165) is 24.1 Å². The van der Waals surface area contributed by atoms with Crippen LogP contribution in [0.1, 0.15) is 49.8 Å². The van der Waals surface area contributed by atoms with E-state index >= 15 is 0 Å². The van der Waals surface area contributed by atoms with E-state index in [9.17, 15) is 18.0 Å². The molecule has 0 atom stereocenters. The number of carboxylic acids is 1. The van der Waals surface area contributed by atoms with E-state index in [1.807, 2.05) is 48.8 Å². The summed E-state index contributed by atoms with van der Waals surface area (Å²) in [6.45, 7) is 6.67. The number of hydrogen-bond donors (Lipinski definition) is 2. The first-order valence-electron chi connectivity index (χ1n) is 12.0. The molecule has 14 heteroatoms. The number of carbonyl (C=O) groups is 2. The first-order valence-corrected chi connectivity index (χ1v) is 12.0. The van der Waals surface area contributed by atoms with Crippen LogP contribution in [0.4, 0.5) is 18.9 Å². The Labute approximate surface area is 219 Å². The van der Waals surface area contributed by atoms with Crippen LogP contribution in [0.3, 0.4) is 0 Å². The van der Waals surface area contributed by atoms with Gasteiger partial charge in [-0.3, -0.25) is 9.20 Å². The van der Waals surface area contributed by atoms with Crippen molar-refractivity contribution in [2.45, 2.75) is 56.9 Å². The van der Waals surface area contributed by atoms with Crippen molar-refractivity contribution in [1.82, 2.24) is 24.0 Å². The number of nitrogens with one attached hydrogen (secondary N) is 1. The van der Waals surface area contributed by atoms with Gasteiger partial charge < -0.3 is 19.9 Å². The number of rotatable bonds is 5. The number of fused-ring (bicyclic) bond motifs is 3. The molecule has 3 aliphatic rings. The van der Waals surface area contributed by atoms with Gasteiger partial charge in [0.05, 0.1) is 35.7 Å². The van der Waals surface area contributed by atoms with Crippen LogP contribution in [0.15, 0.2) is 42.9 Å². The molecule has 0 radical (unpaired) electrons. The van der Waals surface area contributed by atoms with Crippen LogP contribution in [0.2, 0.25) is 0 Å². The maximum atomic E-state index is 13.1. The molecule has 1 amide bonds. The lowest BCUT2D eigenvalue weighted by Crippen LogP contribution is -2.45. The normalized spacial score (nSPS) is 21.9. The molecule has 7 rings (SSSR count). The smallest absolute Gasteiger partial charge is 0.475 e. The summed E-state index contributed by atoms with van der Waals surface area (Å²) >= 11 is 0. The molecule has 6 heterocycles. The van der Waals surface area contributed by atoms with Gasteiger partial charge in [-0.05, 0) is 51.8 Å². The van der Waals surface area contributed by atoms with Crippen LogP contribution in [0, 0.1) is 0 Å². The van der Waals surface area contributed by atoms with E-state index in [-0.39, 0.29) is 23.0 Å². The van der Waals surface area contributed by atoms with Gasteiger partial charge in [0, 0.05) is 17.8 Å².